The van der Waals surface area contributed by atoms with Crippen molar-refractivity contribution >= 4 is 0 Å². The maximum absolute atomic E-state index is 12.6. The van der Waals surface area contributed by atoms with Gasteiger partial charge in [-0.3, -0.25) is 0 Å². The van der Waals surface area contributed by atoms with Gasteiger partial charge in [-0.05, 0) is 30.5 Å². The summed E-state index contributed by atoms with van der Waals surface area (Å²) in [5.74, 6) is 0. The third-order valence-corrected chi connectivity index (χ3v) is 3.42. The molecule has 1 aromatic rings. The fraction of sp³-hybridized carbons (Fsp3) is 0.571. The van der Waals surface area contributed by atoms with Gasteiger partial charge in [0, 0.05) is 25.8 Å². The molecule has 2 N–H and O–H groups in total. The molecule has 2 rings (SSSR count). The van der Waals surface area contributed by atoms with Crippen molar-refractivity contribution < 1.29 is 23.0 Å². The van der Waals surface area contributed by atoms with Gasteiger partial charge in [0.2, 0.25) is 0 Å². The van der Waals surface area contributed by atoms with Gasteiger partial charge in [0.1, 0.15) is 0 Å². The Morgan fingerprint density at radius 3 is 2.65 bits per heavy atom. The number of aliphatic hydroxyl groups is 1. The van der Waals surface area contributed by atoms with Crippen molar-refractivity contribution in [3.8, 4) is 0 Å². The molecule has 0 spiro atoms. The van der Waals surface area contributed by atoms with Crippen LogP contribution in [0, 0.1) is 0 Å². The average molecular weight is 289 g/mol. The molecule has 0 bridgehead atoms. The van der Waals surface area contributed by atoms with Crippen LogP contribution < -0.4 is 5.32 Å². The average Bonchev–Trinajstić information content (AvgIpc) is 2.45. The molecule has 1 saturated heterocycles. The summed E-state index contributed by atoms with van der Waals surface area (Å²) in [6.45, 7) is 1.60. The first-order chi connectivity index (χ1) is 9.47. The van der Waals surface area contributed by atoms with Crippen LogP contribution in [0.5, 0.6) is 0 Å². The molecule has 3 nitrogen and oxygen atoms in total. The monoisotopic (exact) mass is 289 g/mol. The number of halogens is 3. The van der Waals surface area contributed by atoms with E-state index in [-0.39, 0.29) is 18.2 Å². The second-order valence-corrected chi connectivity index (χ2v) is 4.93. The highest BCUT2D eigenvalue weighted by Gasteiger charge is 2.30. The fourth-order valence-corrected chi connectivity index (χ4v) is 2.22. The van der Waals surface area contributed by atoms with E-state index in [0.717, 1.165) is 25.0 Å². The molecular formula is C14H18F3NO2. The Balaban J connectivity index is 1.93. The third-order valence-electron chi connectivity index (χ3n) is 3.42. The minimum absolute atomic E-state index is 0.242. The number of alkyl halides is 3. The Morgan fingerprint density at radius 2 is 2.00 bits per heavy atom. The predicted octanol–water partition coefficient (Wildman–Crippen LogP) is 2.51. The summed E-state index contributed by atoms with van der Waals surface area (Å²) in [5.41, 5.74) is -0.459. The molecule has 1 aliphatic heterocycles. The van der Waals surface area contributed by atoms with Crippen LogP contribution >= 0.6 is 0 Å². The minimum atomic E-state index is -4.39. The maximum atomic E-state index is 12.6. The summed E-state index contributed by atoms with van der Waals surface area (Å²) >= 11 is 0. The summed E-state index contributed by atoms with van der Waals surface area (Å²) < 4.78 is 43.0. The van der Waals surface area contributed by atoms with Crippen molar-refractivity contribution in [2.45, 2.75) is 31.2 Å². The van der Waals surface area contributed by atoms with E-state index >= 15 is 0 Å². The van der Waals surface area contributed by atoms with E-state index in [1.807, 2.05) is 0 Å². The van der Waals surface area contributed by atoms with Gasteiger partial charge < -0.3 is 15.2 Å². The van der Waals surface area contributed by atoms with Gasteiger partial charge in [0.15, 0.2) is 0 Å². The first-order valence-electron chi connectivity index (χ1n) is 6.63. The number of hydrogen-bond acceptors (Lipinski definition) is 3. The number of benzene rings is 1. The van der Waals surface area contributed by atoms with E-state index in [9.17, 15) is 18.3 Å². The van der Waals surface area contributed by atoms with Crippen LogP contribution in [0.15, 0.2) is 24.3 Å². The first kappa shape index (κ1) is 15.3. The number of aliphatic hydroxyl groups excluding tert-OH is 1. The molecule has 1 heterocycles. The van der Waals surface area contributed by atoms with E-state index in [1.165, 1.54) is 12.1 Å². The van der Waals surface area contributed by atoms with Crippen molar-refractivity contribution in [1.82, 2.24) is 5.32 Å². The number of ether oxygens (including phenoxy) is 1. The van der Waals surface area contributed by atoms with Gasteiger partial charge in [0.25, 0.3) is 0 Å². The van der Waals surface area contributed by atoms with E-state index in [1.54, 1.807) is 0 Å². The molecule has 0 aromatic heterocycles. The number of nitrogens with one attached hydrogen (secondary N) is 1. The Kier molecular flexibility index (Phi) is 5.01. The van der Waals surface area contributed by atoms with Gasteiger partial charge in [0.05, 0.1) is 11.7 Å². The normalized spacial score (nSPS) is 19.0. The largest absolute Gasteiger partial charge is 0.416 e. The first-order valence-corrected chi connectivity index (χ1v) is 6.63. The summed E-state index contributed by atoms with van der Waals surface area (Å²) in [7, 11) is 0. The molecule has 6 heteroatoms. The van der Waals surface area contributed by atoms with Crippen LogP contribution in [0.4, 0.5) is 13.2 Å². The number of rotatable bonds is 4. The highest BCUT2D eigenvalue weighted by molar-refractivity contribution is 5.27. The second kappa shape index (κ2) is 6.56. The summed E-state index contributed by atoms with van der Waals surface area (Å²) in [4.78, 5) is 0. The molecule has 1 aromatic carbocycles. The molecule has 0 amide bonds. The van der Waals surface area contributed by atoms with Crippen LogP contribution in [0.2, 0.25) is 0 Å². The molecule has 1 atom stereocenters. The van der Waals surface area contributed by atoms with Crippen molar-refractivity contribution in [1.29, 1.82) is 0 Å². The zero-order valence-corrected chi connectivity index (χ0v) is 11.0. The lowest BCUT2D eigenvalue weighted by Gasteiger charge is -2.24. The highest BCUT2D eigenvalue weighted by Crippen LogP contribution is 2.30. The summed E-state index contributed by atoms with van der Waals surface area (Å²) in [6, 6.07) is 5.07. The Hall–Kier alpha value is -1.11. The van der Waals surface area contributed by atoms with E-state index in [2.05, 4.69) is 5.32 Å². The summed E-state index contributed by atoms with van der Waals surface area (Å²) in [5, 5.41) is 13.1. The Bertz CT molecular complexity index is 431. The van der Waals surface area contributed by atoms with Gasteiger partial charge in [-0.15, -0.1) is 0 Å². The van der Waals surface area contributed by atoms with Crippen LogP contribution in [-0.4, -0.2) is 30.9 Å². The van der Waals surface area contributed by atoms with Crippen molar-refractivity contribution in [3.05, 3.63) is 35.4 Å². The maximum Gasteiger partial charge on any atom is 0.416 e. The molecule has 0 radical (unpaired) electrons. The standard InChI is InChI=1S/C14H18F3NO2/c15-14(16,17)11-3-1-2-10(8-11)13(19)9-18-12-4-6-20-7-5-12/h1-3,8,12-13,18-19H,4-7,9H2. The molecule has 112 valence electrons. The smallest absolute Gasteiger partial charge is 0.387 e. The van der Waals surface area contributed by atoms with E-state index < -0.39 is 17.8 Å². The second-order valence-electron chi connectivity index (χ2n) is 4.93. The van der Waals surface area contributed by atoms with Crippen LogP contribution in [0.1, 0.15) is 30.1 Å². The minimum Gasteiger partial charge on any atom is -0.387 e. The third kappa shape index (κ3) is 4.19. The molecule has 1 fully saturated rings. The number of hydrogen-bond donors (Lipinski definition) is 2. The van der Waals surface area contributed by atoms with Gasteiger partial charge in [-0.25, -0.2) is 0 Å². The predicted molar refractivity (Wildman–Crippen MR) is 68.2 cm³/mol. The quantitative estimate of drug-likeness (QED) is 0.895. The van der Waals surface area contributed by atoms with Crippen LogP contribution in [0.25, 0.3) is 0 Å². The fourth-order valence-electron chi connectivity index (χ4n) is 2.22. The molecule has 1 unspecified atom stereocenters. The molecule has 1 aliphatic rings. The van der Waals surface area contributed by atoms with Crippen LogP contribution in [0.3, 0.4) is 0 Å². The lowest BCUT2D eigenvalue weighted by atomic mass is 10.0. The lowest BCUT2D eigenvalue weighted by molar-refractivity contribution is -0.137. The van der Waals surface area contributed by atoms with Gasteiger partial charge >= 0.3 is 6.18 Å². The van der Waals surface area contributed by atoms with Crippen LogP contribution in [-0.2, 0) is 10.9 Å². The molecule has 0 saturated carbocycles. The molecule has 0 aliphatic carbocycles. The Labute approximate surface area is 115 Å². The molecule has 20 heavy (non-hydrogen) atoms. The van der Waals surface area contributed by atoms with Crippen molar-refractivity contribution in [3.63, 3.8) is 0 Å². The zero-order chi connectivity index (χ0) is 14.6. The zero-order valence-electron chi connectivity index (χ0n) is 11.0. The topological polar surface area (TPSA) is 41.5 Å². The van der Waals surface area contributed by atoms with Gasteiger partial charge in [-0.1, -0.05) is 12.1 Å². The Morgan fingerprint density at radius 1 is 1.30 bits per heavy atom. The summed E-state index contributed by atoms with van der Waals surface area (Å²) in [6.07, 6.45) is -3.62. The van der Waals surface area contributed by atoms with E-state index in [0.29, 0.717) is 13.2 Å². The SMILES string of the molecule is OC(CNC1CCOCC1)c1cccc(C(F)(F)F)c1. The van der Waals surface area contributed by atoms with E-state index in [4.69, 9.17) is 4.74 Å². The van der Waals surface area contributed by atoms with Gasteiger partial charge in [-0.2, -0.15) is 13.2 Å². The van der Waals surface area contributed by atoms with Crippen molar-refractivity contribution in [2.75, 3.05) is 19.8 Å². The van der Waals surface area contributed by atoms with Crippen molar-refractivity contribution in [2.24, 2.45) is 0 Å². The molecular weight excluding hydrogens is 271 g/mol. The lowest BCUT2D eigenvalue weighted by Crippen LogP contribution is -2.37. The highest BCUT2D eigenvalue weighted by atomic mass is 19.4.